The van der Waals surface area contributed by atoms with Gasteiger partial charge in [-0.2, -0.15) is 0 Å². The third-order valence-electron chi connectivity index (χ3n) is 1.68. The van der Waals surface area contributed by atoms with E-state index < -0.39 is 0 Å². The second kappa shape index (κ2) is 5.10. The number of allylic oxidation sites excluding steroid dienone is 1. The highest BCUT2D eigenvalue weighted by Gasteiger charge is 2.04. The quantitative estimate of drug-likeness (QED) is 0.746. The first-order valence-electron chi connectivity index (χ1n) is 4.31. The predicted molar refractivity (Wildman–Crippen MR) is 57.7 cm³/mol. The van der Waals surface area contributed by atoms with E-state index >= 15 is 0 Å². The van der Waals surface area contributed by atoms with Crippen LogP contribution in [0.25, 0.3) is 0 Å². The van der Waals surface area contributed by atoms with Crippen LogP contribution in [0.1, 0.15) is 13.8 Å². The summed E-state index contributed by atoms with van der Waals surface area (Å²) in [5.41, 5.74) is 0. The van der Waals surface area contributed by atoms with E-state index in [1.807, 2.05) is 43.3 Å². The number of hydrogen-bond donors (Lipinski definition) is 1. The van der Waals surface area contributed by atoms with Crippen molar-refractivity contribution in [2.75, 3.05) is 0 Å². The number of benzene rings is 1. The zero-order valence-electron chi connectivity index (χ0n) is 7.90. The van der Waals surface area contributed by atoms with Gasteiger partial charge in [0.05, 0.1) is 6.10 Å². The standard InChI is InChI=1S/C11H14OS/c1-3-11(9(2)12)13-10-7-5-4-6-8-10/h3-9,12H,1-2H3/b11-3-. The van der Waals surface area contributed by atoms with Crippen LogP contribution < -0.4 is 0 Å². The molecule has 0 spiro atoms. The molecule has 1 unspecified atom stereocenters. The van der Waals surface area contributed by atoms with Gasteiger partial charge in [-0.15, -0.1) is 0 Å². The maximum absolute atomic E-state index is 9.38. The van der Waals surface area contributed by atoms with Crippen molar-refractivity contribution in [2.45, 2.75) is 24.8 Å². The fourth-order valence-corrected chi connectivity index (χ4v) is 1.86. The largest absolute Gasteiger partial charge is 0.388 e. The Morgan fingerprint density at radius 2 is 2.00 bits per heavy atom. The molecule has 0 fully saturated rings. The van der Waals surface area contributed by atoms with Gasteiger partial charge in [-0.3, -0.25) is 0 Å². The van der Waals surface area contributed by atoms with Crippen LogP contribution in [0.15, 0.2) is 46.2 Å². The van der Waals surface area contributed by atoms with Crippen LogP contribution in [0, 0.1) is 0 Å². The summed E-state index contributed by atoms with van der Waals surface area (Å²) in [6.45, 7) is 3.73. The number of aliphatic hydroxyl groups is 1. The second-order valence-corrected chi connectivity index (χ2v) is 3.93. The van der Waals surface area contributed by atoms with E-state index in [1.54, 1.807) is 18.7 Å². The van der Waals surface area contributed by atoms with Crippen molar-refractivity contribution in [1.82, 2.24) is 0 Å². The molecule has 0 amide bonds. The van der Waals surface area contributed by atoms with Crippen molar-refractivity contribution in [1.29, 1.82) is 0 Å². The Morgan fingerprint density at radius 3 is 2.46 bits per heavy atom. The van der Waals surface area contributed by atoms with Crippen LogP contribution in [-0.4, -0.2) is 11.2 Å². The lowest BCUT2D eigenvalue weighted by Crippen LogP contribution is -2.00. The summed E-state index contributed by atoms with van der Waals surface area (Å²) >= 11 is 1.61. The van der Waals surface area contributed by atoms with Gasteiger partial charge in [-0.25, -0.2) is 0 Å². The summed E-state index contributed by atoms with van der Waals surface area (Å²) in [7, 11) is 0. The molecule has 0 saturated heterocycles. The van der Waals surface area contributed by atoms with Gasteiger partial charge >= 0.3 is 0 Å². The maximum Gasteiger partial charge on any atom is 0.0820 e. The first-order chi connectivity index (χ1) is 6.24. The van der Waals surface area contributed by atoms with E-state index in [4.69, 9.17) is 0 Å². The third-order valence-corrected chi connectivity index (χ3v) is 3.00. The van der Waals surface area contributed by atoms with E-state index in [2.05, 4.69) is 0 Å². The Kier molecular flexibility index (Phi) is 4.06. The predicted octanol–water partition coefficient (Wildman–Crippen LogP) is 3.06. The van der Waals surface area contributed by atoms with E-state index in [-0.39, 0.29) is 6.10 Å². The lowest BCUT2D eigenvalue weighted by atomic mass is 10.3. The van der Waals surface area contributed by atoms with E-state index in [0.29, 0.717) is 0 Å². The molecule has 0 radical (unpaired) electrons. The van der Waals surface area contributed by atoms with Gasteiger partial charge in [0.2, 0.25) is 0 Å². The molecule has 1 rings (SSSR count). The molecule has 1 atom stereocenters. The molecule has 0 aliphatic heterocycles. The minimum absolute atomic E-state index is 0.379. The molecule has 2 heteroatoms. The van der Waals surface area contributed by atoms with Gasteiger partial charge < -0.3 is 5.11 Å². The normalized spacial score (nSPS) is 14.2. The molecule has 0 bridgehead atoms. The Hall–Kier alpha value is -0.730. The van der Waals surface area contributed by atoms with Crippen molar-refractivity contribution in [3.05, 3.63) is 41.3 Å². The summed E-state index contributed by atoms with van der Waals surface area (Å²) in [5.74, 6) is 0. The molecular formula is C11H14OS. The Morgan fingerprint density at radius 1 is 1.38 bits per heavy atom. The smallest absolute Gasteiger partial charge is 0.0820 e. The first-order valence-corrected chi connectivity index (χ1v) is 5.13. The SMILES string of the molecule is C/C=C(\Sc1ccccc1)C(C)O. The van der Waals surface area contributed by atoms with Gasteiger partial charge in [-0.1, -0.05) is 36.0 Å². The Bertz CT molecular complexity index is 277. The molecular weight excluding hydrogens is 180 g/mol. The third kappa shape index (κ3) is 3.25. The van der Waals surface area contributed by atoms with Crippen molar-refractivity contribution in [3.63, 3.8) is 0 Å². The van der Waals surface area contributed by atoms with Gasteiger partial charge in [-0.05, 0) is 26.0 Å². The van der Waals surface area contributed by atoms with Gasteiger partial charge in [0, 0.05) is 9.80 Å². The molecule has 13 heavy (non-hydrogen) atoms. The lowest BCUT2D eigenvalue weighted by Gasteiger charge is -2.08. The van der Waals surface area contributed by atoms with Crippen LogP contribution >= 0.6 is 11.8 Å². The Labute approximate surface area is 83.5 Å². The van der Waals surface area contributed by atoms with Crippen molar-refractivity contribution in [3.8, 4) is 0 Å². The average Bonchev–Trinajstić information content (AvgIpc) is 2.15. The highest BCUT2D eigenvalue weighted by Crippen LogP contribution is 2.28. The molecule has 1 aromatic rings. The summed E-state index contributed by atoms with van der Waals surface area (Å²) in [6.07, 6.45) is 1.57. The minimum Gasteiger partial charge on any atom is -0.388 e. The van der Waals surface area contributed by atoms with Crippen molar-refractivity contribution >= 4 is 11.8 Å². The van der Waals surface area contributed by atoms with Crippen molar-refractivity contribution in [2.24, 2.45) is 0 Å². The highest BCUT2D eigenvalue weighted by molar-refractivity contribution is 8.03. The number of aliphatic hydroxyl groups excluding tert-OH is 1. The zero-order valence-corrected chi connectivity index (χ0v) is 8.71. The molecule has 1 N–H and O–H groups in total. The molecule has 70 valence electrons. The highest BCUT2D eigenvalue weighted by atomic mass is 32.2. The van der Waals surface area contributed by atoms with Crippen LogP contribution in [-0.2, 0) is 0 Å². The first kappa shape index (κ1) is 10.4. The number of hydrogen-bond acceptors (Lipinski definition) is 2. The van der Waals surface area contributed by atoms with Crippen molar-refractivity contribution < 1.29 is 5.11 Å². The number of rotatable bonds is 3. The molecule has 1 aromatic carbocycles. The van der Waals surface area contributed by atoms with Gasteiger partial charge in [0.25, 0.3) is 0 Å². The monoisotopic (exact) mass is 194 g/mol. The van der Waals surface area contributed by atoms with E-state index in [1.165, 1.54) is 0 Å². The molecule has 0 aromatic heterocycles. The van der Waals surface area contributed by atoms with Crippen LogP contribution in [0.5, 0.6) is 0 Å². The van der Waals surface area contributed by atoms with E-state index in [9.17, 15) is 5.11 Å². The summed E-state index contributed by atoms with van der Waals surface area (Å²) in [6, 6.07) is 10.1. The lowest BCUT2D eigenvalue weighted by molar-refractivity contribution is 0.240. The molecule has 0 heterocycles. The molecule has 1 nitrogen and oxygen atoms in total. The topological polar surface area (TPSA) is 20.2 Å². The maximum atomic E-state index is 9.38. The van der Waals surface area contributed by atoms with Gasteiger partial charge in [0.15, 0.2) is 0 Å². The summed E-state index contributed by atoms with van der Waals surface area (Å²) in [4.78, 5) is 2.16. The van der Waals surface area contributed by atoms with Crippen LogP contribution in [0.3, 0.4) is 0 Å². The molecule has 0 aliphatic carbocycles. The fraction of sp³-hybridized carbons (Fsp3) is 0.273. The Balaban J connectivity index is 2.69. The zero-order chi connectivity index (χ0) is 9.68. The summed E-state index contributed by atoms with van der Waals surface area (Å²) in [5, 5.41) is 9.38. The molecule has 0 aliphatic rings. The van der Waals surface area contributed by atoms with Gasteiger partial charge in [0.1, 0.15) is 0 Å². The average molecular weight is 194 g/mol. The fourth-order valence-electron chi connectivity index (χ4n) is 1.01. The minimum atomic E-state index is -0.379. The number of thioether (sulfide) groups is 1. The van der Waals surface area contributed by atoms with E-state index in [0.717, 1.165) is 9.80 Å². The summed E-state index contributed by atoms with van der Waals surface area (Å²) < 4.78 is 0. The van der Waals surface area contributed by atoms with Crippen LogP contribution in [0.4, 0.5) is 0 Å². The second-order valence-electron chi connectivity index (χ2n) is 2.78. The van der Waals surface area contributed by atoms with Crippen LogP contribution in [0.2, 0.25) is 0 Å². The molecule has 0 saturated carbocycles.